The molecule has 0 unspecified atom stereocenters. The van der Waals surface area contributed by atoms with Crippen molar-refractivity contribution in [3.8, 4) is 5.75 Å². The lowest BCUT2D eigenvalue weighted by molar-refractivity contribution is -0.192. The first-order chi connectivity index (χ1) is 17.9. The number of fused-ring (bicyclic) bond motifs is 1. The molecular weight excluding hydrogens is 531 g/mol. The molecule has 1 saturated heterocycles. The summed E-state index contributed by atoms with van der Waals surface area (Å²) < 4.78 is 71.2. The zero-order chi connectivity index (χ0) is 28.0. The number of para-hydroxylation sites is 1. The third-order valence-corrected chi connectivity index (χ3v) is 8.22. The lowest BCUT2D eigenvalue weighted by Crippen LogP contribution is -2.53. The molecule has 1 spiro atoms. The summed E-state index contributed by atoms with van der Waals surface area (Å²) in [7, 11) is -2.16. The number of alkyl halides is 3. The number of aliphatic carboxylic acids is 1. The van der Waals surface area contributed by atoms with Crippen LogP contribution in [0.15, 0.2) is 53.7 Å². The van der Waals surface area contributed by atoms with Crippen LogP contribution in [0.1, 0.15) is 23.2 Å². The normalized spacial score (nSPS) is 18.7. The second-order valence-electron chi connectivity index (χ2n) is 8.90. The molecule has 1 fully saturated rings. The summed E-state index contributed by atoms with van der Waals surface area (Å²) in [5.41, 5.74) is 0.238. The molecule has 1 N–H and O–H groups in total. The fourth-order valence-corrected chi connectivity index (χ4v) is 5.88. The van der Waals surface area contributed by atoms with E-state index < -0.39 is 22.2 Å². The SMILES string of the molecule is COCCN1CC2(CCN(C(=O)c3ccncc3)CC2)COc2ccccc2S1(=O)=O.O=C(O)C(F)(F)F. The summed E-state index contributed by atoms with van der Waals surface area (Å²) in [5.74, 6) is -2.41. The Balaban J connectivity index is 0.000000505. The van der Waals surface area contributed by atoms with Crippen LogP contribution in [0.25, 0.3) is 0 Å². The maximum absolute atomic E-state index is 13.4. The van der Waals surface area contributed by atoms with E-state index in [-0.39, 0.29) is 22.8 Å². The molecule has 2 aliphatic heterocycles. The molecule has 3 heterocycles. The van der Waals surface area contributed by atoms with Gasteiger partial charge in [0.25, 0.3) is 5.91 Å². The summed E-state index contributed by atoms with van der Waals surface area (Å²) in [4.78, 5) is 27.7. The number of sulfonamides is 1. The third kappa shape index (κ3) is 6.99. The molecule has 1 aromatic carbocycles. The molecule has 0 atom stereocenters. The van der Waals surface area contributed by atoms with Crippen molar-refractivity contribution >= 4 is 21.9 Å². The average molecular weight is 560 g/mol. The van der Waals surface area contributed by atoms with Crippen LogP contribution in [0.4, 0.5) is 13.2 Å². The summed E-state index contributed by atoms with van der Waals surface area (Å²) >= 11 is 0. The number of hydrogen-bond donors (Lipinski definition) is 1. The Bertz CT molecular complexity index is 1220. The summed E-state index contributed by atoms with van der Waals surface area (Å²) in [5, 5.41) is 7.12. The largest absolute Gasteiger partial charge is 0.492 e. The molecule has 208 valence electrons. The Morgan fingerprint density at radius 1 is 1.13 bits per heavy atom. The number of rotatable bonds is 4. The van der Waals surface area contributed by atoms with Crippen molar-refractivity contribution in [3.05, 3.63) is 54.4 Å². The molecule has 4 rings (SSSR count). The summed E-state index contributed by atoms with van der Waals surface area (Å²) in [6.45, 7) is 2.42. The van der Waals surface area contributed by atoms with Crippen molar-refractivity contribution in [3.63, 3.8) is 0 Å². The maximum atomic E-state index is 13.4. The lowest BCUT2D eigenvalue weighted by Gasteiger charge is -2.45. The van der Waals surface area contributed by atoms with Crippen molar-refractivity contribution in [2.24, 2.45) is 5.41 Å². The number of carboxylic acids is 1. The van der Waals surface area contributed by atoms with Crippen LogP contribution in [-0.2, 0) is 19.6 Å². The van der Waals surface area contributed by atoms with Crippen LogP contribution in [0.5, 0.6) is 5.75 Å². The number of piperidine rings is 1. The van der Waals surface area contributed by atoms with Gasteiger partial charge in [0.05, 0.1) is 13.2 Å². The fourth-order valence-electron chi connectivity index (χ4n) is 4.21. The van der Waals surface area contributed by atoms with E-state index in [0.717, 1.165) is 0 Å². The standard InChI is InChI=1S/C22H27N3O5S.C2HF3O2/c1-29-15-14-25-16-22(17-30-19-4-2-3-5-20(19)31(25,27)28)8-12-24(13-9-22)21(26)18-6-10-23-11-7-18;3-2(4,5)1(6)7/h2-7,10-11H,8-9,12-17H2,1H3;(H,6,7). The Kier molecular flexibility index (Phi) is 9.33. The number of amides is 1. The van der Waals surface area contributed by atoms with Crippen molar-refractivity contribution in [1.82, 2.24) is 14.2 Å². The van der Waals surface area contributed by atoms with Crippen LogP contribution in [-0.4, -0.2) is 92.3 Å². The summed E-state index contributed by atoms with van der Waals surface area (Å²) in [6.07, 6.45) is -0.551. The topological polar surface area (TPSA) is 126 Å². The molecular formula is C24H28F3N3O7S. The highest BCUT2D eigenvalue weighted by Crippen LogP contribution is 2.39. The smallest absolute Gasteiger partial charge is 0.490 e. The number of carbonyl (C=O) groups is 2. The molecule has 0 aliphatic carbocycles. The van der Waals surface area contributed by atoms with Crippen LogP contribution >= 0.6 is 0 Å². The number of benzene rings is 1. The van der Waals surface area contributed by atoms with Gasteiger partial charge in [0.1, 0.15) is 10.6 Å². The number of carbonyl (C=O) groups excluding carboxylic acids is 1. The molecule has 10 nitrogen and oxygen atoms in total. The van der Waals surface area contributed by atoms with E-state index in [1.807, 2.05) is 4.90 Å². The van der Waals surface area contributed by atoms with Gasteiger partial charge in [-0.15, -0.1) is 0 Å². The Morgan fingerprint density at radius 3 is 2.32 bits per heavy atom. The number of ether oxygens (including phenoxy) is 2. The van der Waals surface area contributed by atoms with Gasteiger partial charge in [-0.1, -0.05) is 12.1 Å². The van der Waals surface area contributed by atoms with E-state index in [0.29, 0.717) is 57.0 Å². The molecule has 2 aliphatic rings. The molecule has 0 saturated carbocycles. The van der Waals surface area contributed by atoms with Gasteiger partial charge in [0.2, 0.25) is 10.0 Å². The van der Waals surface area contributed by atoms with Gasteiger partial charge in [-0.2, -0.15) is 17.5 Å². The van der Waals surface area contributed by atoms with Crippen LogP contribution < -0.4 is 4.74 Å². The number of hydrogen-bond acceptors (Lipinski definition) is 7. The van der Waals surface area contributed by atoms with E-state index >= 15 is 0 Å². The molecule has 0 radical (unpaired) electrons. The highest BCUT2D eigenvalue weighted by Gasteiger charge is 2.43. The molecule has 1 aromatic heterocycles. The van der Waals surface area contributed by atoms with Gasteiger partial charge in [0, 0.05) is 56.7 Å². The number of methoxy groups -OCH3 is 1. The van der Waals surface area contributed by atoms with Crippen LogP contribution in [0.3, 0.4) is 0 Å². The van der Waals surface area contributed by atoms with Gasteiger partial charge < -0.3 is 19.5 Å². The van der Waals surface area contributed by atoms with Crippen molar-refractivity contribution in [2.45, 2.75) is 23.9 Å². The predicted molar refractivity (Wildman–Crippen MR) is 128 cm³/mol. The predicted octanol–water partition coefficient (Wildman–Crippen LogP) is 2.67. The number of nitrogens with zero attached hydrogens (tertiary/aromatic N) is 3. The number of likely N-dealkylation sites (tertiary alicyclic amines) is 1. The van der Waals surface area contributed by atoms with E-state index in [1.54, 1.807) is 55.9 Å². The van der Waals surface area contributed by atoms with Crippen LogP contribution in [0, 0.1) is 5.41 Å². The maximum Gasteiger partial charge on any atom is 0.490 e. The number of carboxylic acid groups (broad SMARTS) is 1. The number of halogens is 3. The monoisotopic (exact) mass is 559 g/mol. The van der Waals surface area contributed by atoms with Gasteiger partial charge in [0.15, 0.2) is 0 Å². The van der Waals surface area contributed by atoms with E-state index in [1.165, 1.54) is 4.31 Å². The molecule has 14 heteroatoms. The Morgan fingerprint density at radius 2 is 1.74 bits per heavy atom. The molecule has 38 heavy (non-hydrogen) atoms. The van der Waals surface area contributed by atoms with Gasteiger partial charge in [-0.3, -0.25) is 9.78 Å². The van der Waals surface area contributed by atoms with E-state index in [2.05, 4.69) is 4.98 Å². The zero-order valence-corrected chi connectivity index (χ0v) is 21.4. The lowest BCUT2D eigenvalue weighted by atomic mass is 9.78. The molecule has 0 bridgehead atoms. The van der Waals surface area contributed by atoms with Gasteiger partial charge >= 0.3 is 12.1 Å². The summed E-state index contributed by atoms with van der Waals surface area (Å²) in [6, 6.07) is 10.2. The second-order valence-corrected chi connectivity index (χ2v) is 10.8. The quantitative estimate of drug-likeness (QED) is 0.606. The van der Waals surface area contributed by atoms with Gasteiger partial charge in [-0.05, 0) is 37.1 Å². The molecule has 2 aromatic rings. The fraction of sp³-hybridized carbons (Fsp3) is 0.458. The Hall–Kier alpha value is -3.23. The average Bonchev–Trinajstić information content (AvgIpc) is 2.90. The van der Waals surface area contributed by atoms with E-state index in [4.69, 9.17) is 19.4 Å². The van der Waals surface area contributed by atoms with Crippen molar-refractivity contribution in [1.29, 1.82) is 0 Å². The van der Waals surface area contributed by atoms with Crippen molar-refractivity contribution in [2.75, 3.05) is 46.5 Å². The minimum absolute atomic E-state index is 0.0294. The Labute approximate surface area is 218 Å². The van der Waals surface area contributed by atoms with Crippen molar-refractivity contribution < 1.29 is 45.8 Å². The highest BCUT2D eigenvalue weighted by molar-refractivity contribution is 7.89. The minimum atomic E-state index is -5.08. The number of pyridine rings is 1. The first-order valence-corrected chi connectivity index (χ1v) is 13.0. The first-order valence-electron chi connectivity index (χ1n) is 11.6. The van der Waals surface area contributed by atoms with Gasteiger partial charge in [-0.25, -0.2) is 13.2 Å². The van der Waals surface area contributed by atoms with E-state index in [9.17, 15) is 26.4 Å². The minimum Gasteiger partial charge on any atom is -0.492 e. The second kappa shape index (κ2) is 12.1. The zero-order valence-electron chi connectivity index (χ0n) is 20.6. The third-order valence-electron chi connectivity index (χ3n) is 6.34. The molecule has 1 amide bonds. The van der Waals surface area contributed by atoms with Crippen LogP contribution in [0.2, 0.25) is 0 Å². The highest BCUT2D eigenvalue weighted by atomic mass is 32.2. The first kappa shape index (κ1) is 29.3. The number of aromatic nitrogens is 1.